The second-order valence-electron chi connectivity index (χ2n) is 7.26. The summed E-state index contributed by atoms with van der Waals surface area (Å²) in [5, 5.41) is 9.03. The third-order valence-electron chi connectivity index (χ3n) is 4.81. The average molecular weight is 436 g/mol. The van der Waals surface area contributed by atoms with Crippen LogP contribution in [-0.4, -0.2) is 33.2 Å². The quantitative estimate of drug-likeness (QED) is 0.500. The number of aromatic nitrogens is 3. The van der Waals surface area contributed by atoms with Crippen molar-refractivity contribution in [1.29, 1.82) is 0 Å². The molecular formula is C20H26BrN3O3. The molecule has 2 atom stereocenters. The van der Waals surface area contributed by atoms with E-state index in [1.807, 2.05) is 45.2 Å². The molecule has 7 heteroatoms. The summed E-state index contributed by atoms with van der Waals surface area (Å²) in [4.78, 5) is 12.2. The molecule has 0 radical (unpaired) electrons. The van der Waals surface area contributed by atoms with Crippen LogP contribution in [0.5, 0.6) is 5.75 Å². The number of rotatable bonds is 6. The summed E-state index contributed by atoms with van der Waals surface area (Å²) in [6, 6.07) is 7.91. The fourth-order valence-electron chi connectivity index (χ4n) is 3.43. The Morgan fingerprint density at radius 3 is 2.70 bits per heavy atom. The highest BCUT2D eigenvalue weighted by Gasteiger charge is 2.30. The molecule has 0 spiro atoms. The molecule has 0 N–H and O–H groups in total. The standard InChI is InChI=1S/C20H26BrN3O3/c1-13(2)26-20(25)15-5-4-6-17(11-15)27-16-9-7-14(8-10-16)19-18(12-21)24(3)23-22-19/h7-10,13,15,17H,4-6,11-12H2,1-3H3. The van der Waals surface area contributed by atoms with Crippen molar-refractivity contribution in [2.24, 2.45) is 13.0 Å². The second-order valence-corrected chi connectivity index (χ2v) is 7.82. The lowest BCUT2D eigenvalue weighted by Gasteiger charge is -2.29. The van der Waals surface area contributed by atoms with Gasteiger partial charge in [-0.1, -0.05) is 21.1 Å². The molecule has 2 unspecified atom stereocenters. The molecule has 3 rings (SSSR count). The summed E-state index contributed by atoms with van der Waals surface area (Å²) in [5.74, 6) is 0.649. The van der Waals surface area contributed by atoms with E-state index in [0.717, 1.165) is 42.0 Å². The summed E-state index contributed by atoms with van der Waals surface area (Å²) < 4.78 is 13.3. The molecule has 146 valence electrons. The van der Waals surface area contributed by atoms with E-state index in [2.05, 4.69) is 26.2 Å². The van der Waals surface area contributed by atoms with Crippen molar-refractivity contribution < 1.29 is 14.3 Å². The molecule has 6 nitrogen and oxygen atoms in total. The first kappa shape index (κ1) is 19.9. The van der Waals surface area contributed by atoms with Crippen LogP contribution in [0, 0.1) is 5.92 Å². The Hall–Kier alpha value is -1.89. The molecule has 1 aliphatic carbocycles. The van der Waals surface area contributed by atoms with E-state index in [0.29, 0.717) is 11.8 Å². The smallest absolute Gasteiger partial charge is 0.309 e. The molecule has 0 amide bonds. The van der Waals surface area contributed by atoms with Crippen LogP contribution >= 0.6 is 15.9 Å². The Kier molecular flexibility index (Phi) is 6.52. The van der Waals surface area contributed by atoms with E-state index in [4.69, 9.17) is 9.47 Å². The van der Waals surface area contributed by atoms with Gasteiger partial charge in [0, 0.05) is 17.9 Å². The number of carbonyl (C=O) groups is 1. The Morgan fingerprint density at radius 2 is 2.04 bits per heavy atom. The van der Waals surface area contributed by atoms with Gasteiger partial charge in [-0.3, -0.25) is 9.48 Å². The molecule has 1 aromatic heterocycles. The number of ether oxygens (including phenoxy) is 2. The van der Waals surface area contributed by atoms with E-state index in [-0.39, 0.29) is 24.1 Å². The molecule has 2 aromatic rings. The summed E-state index contributed by atoms with van der Waals surface area (Å²) in [6.45, 7) is 3.77. The number of esters is 1. The van der Waals surface area contributed by atoms with Gasteiger partial charge in [-0.05, 0) is 63.8 Å². The first-order chi connectivity index (χ1) is 13.0. The molecular weight excluding hydrogens is 410 g/mol. The molecule has 1 aliphatic rings. The van der Waals surface area contributed by atoms with Gasteiger partial charge in [-0.15, -0.1) is 5.10 Å². The largest absolute Gasteiger partial charge is 0.490 e. The van der Waals surface area contributed by atoms with Crippen molar-refractivity contribution in [2.75, 3.05) is 0 Å². The fraction of sp³-hybridized carbons (Fsp3) is 0.550. The molecule has 0 saturated heterocycles. The maximum Gasteiger partial charge on any atom is 0.309 e. The third kappa shape index (κ3) is 4.89. The van der Waals surface area contributed by atoms with Gasteiger partial charge in [-0.25, -0.2) is 0 Å². The highest BCUT2D eigenvalue weighted by Crippen LogP contribution is 2.30. The monoisotopic (exact) mass is 435 g/mol. The van der Waals surface area contributed by atoms with Crippen LogP contribution < -0.4 is 4.74 Å². The molecule has 0 bridgehead atoms. The first-order valence-electron chi connectivity index (χ1n) is 9.40. The normalized spacial score (nSPS) is 19.9. The summed E-state index contributed by atoms with van der Waals surface area (Å²) >= 11 is 3.48. The maximum atomic E-state index is 12.2. The topological polar surface area (TPSA) is 66.2 Å². The van der Waals surface area contributed by atoms with E-state index in [1.165, 1.54) is 0 Å². The molecule has 1 heterocycles. The summed E-state index contributed by atoms with van der Waals surface area (Å²) in [7, 11) is 1.88. The van der Waals surface area contributed by atoms with Gasteiger partial charge < -0.3 is 9.47 Å². The highest BCUT2D eigenvalue weighted by molar-refractivity contribution is 9.08. The zero-order valence-electron chi connectivity index (χ0n) is 16.0. The van der Waals surface area contributed by atoms with Crippen molar-refractivity contribution in [3.8, 4) is 17.0 Å². The minimum absolute atomic E-state index is 0.0453. The number of benzene rings is 1. The third-order valence-corrected chi connectivity index (χ3v) is 5.34. The number of hydrogen-bond acceptors (Lipinski definition) is 5. The maximum absolute atomic E-state index is 12.2. The number of hydrogen-bond donors (Lipinski definition) is 0. The van der Waals surface area contributed by atoms with Crippen molar-refractivity contribution in [2.45, 2.75) is 57.1 Å². The molecule has 27 heavy (non-hydrogen) atoms. The zero-order chi connectivity index (χ0) is 19.4. The Bertz CT molecular complexity index is 773. The zero-order valence-corrected chi connectivity index (χ0v) is 17.6. The minimum atomic E-state index is -0.0985. The molecule has 1 aromatic carbocycles. The highest BCUT2D eigenvalue weighted by atomic mass is 79.9. The lowest BCUT2D eigenvalue weighted by atomic mass is 9.87. The van der Waals surface area contributed by atoms with Crippen LogP contribution in [-0.2, 0) is 21.9 Å². The van der Waals surface area contributed by atoms with Crippen LogP contribution in [0.2, 0.25) is 0 Å². The van der Waals surface area contributed by atoms with Crippen molar-refractivity contribution >= 4 is 21.9 Å². The number of carbonyl (C=O) groups excluding carboxylic acids is 1. The van der Waals surface area contributed by atoms with Crippen molar-refractivity contribution in [3.63, 3.8) is 0 Å². The van der Waals surface area contributed by atoms with E-state index in [1.54, 1.807) is 4.68 Å². The van der Waals surface area contributed by atoms with Gasteiger partial charge in [-0.2, -0.15) is 0 Å². The summed E-state index contributed by atoms with van der Waals surface area (Å²) in [5.41, 5.74) is 2.91. The van der Waals surface area contributed by atoms with Gasteiger partial charge in [0.1, 0.15) is 11.4 Å². The van der Waals surface area contributed by atoms with Gasteiger partial charge in [0.25, 0.3) is 0 Å². The van der Waals surface area contributed by atoms with Crippen molar-refractivity contribution in [1.82, 2.24) is 15.0 Å². The van der Waals surface area contributed by atoms with Crippen LogP contribution in [0.4, 0.5) is 0 Å². The Balaban J connectivity index is 1.63. The van der Waals surface area contributed by atoms with E-state index in [9.17, 15) is 4.79 Å². The predicted octanol–water partition coefficient (Wildman–Crippen LogP) is 4.27. The van der Waals surface area contributed by atoms with Crippen LogP contribution in [0.1, 0.15) is 45.2 Å². The minimum Gasteiger partial charge on any atom is -0.490 e. The SMILES string of the molecule is CC(C)OC(=O)C1CCCC(Oc2ccc(-c3nnn(C)c3CBr)cc2)C1. The molecule has 0 aliphatic heterocycles. The van der Waals surface area contributed by atoms with E-state index >= 15 is 0 Å². The van der Waals surface area contributed by atoms with Gasteiger partial charge >= 0.3 is 5.97 Å². The van der Waals surface area contributed by atoms with Crippen LogP contribution in [0.3, 0.4) is 0 Å². The number of halogens is 1. The van der Waals surface area contributed by atoms with Crippen LogP contribution in [0.15, 0.2) is 24.3 Å². The number of aryl methyl sites for hydroxylation is 1. The van der Waals surface area contributed by atoms with E-state index < -0.39 is 0 Å². The lowest BCUT2D eigenvalue weighted by molar-refractivity contribution is -0.154. The fourth-order valence-corrected chi connectivity index (χ4v) is 4.06. The number of nitrogens with zero attached hydrogens (tertiary/aromatic N) is 3. The van der Waals surface area contributed by atoms with Gasteiger partial charge in [0.2, 0.25) is 0 Å². The summed E-state index contributed by atoms with van der Waals surface area (Å²) in [6.07, 6.45) is 3.51. The Labute approximate surface area is 168 Å². The van der Waals surface area contributed by atoms with Gasteiger partial charge in [0.05, 0.1) is 23.8 Å². The number of alkyl halides is 1. The van der Waals surface area contributed by atoms with Crippen LogP contribution in [0.25, 0.3) is 11.3 Å². The van der Waals surface area contributed by atoms with Gasteiger partial charge in [0.15, 0.2) is 0 Å². The lowest BCUT2D eigenvalue weighted by Crippen LogP contribution is -2.31. The molecule has 1 fully saturated rings. The second kappa shape index (κ2) is 8.87. The predicted molar refractivity (Wildman–Crippen MR) is 107 cm³/mol. The first-order valence-corrected chi connectivity index (χ1v) is 10.5. The average Bonchev–Trinajstić information content (AvgIpc) is 3.02. The molecule has 1 saturated carbocycles. The van der Waals surface area contributed by atoms with Crippen molar-refractivity contribution in [3.05, 3.63) is 30.0 Å². The Morgan fingerprint density at radius 1 is 1.30 bits per heavy atom.